The Balaban J connectivity index is 2.13. The van der Waals surface area contributed by atoms with E-state index in [9.17, 15) is 9.59 Å². The van der Waals surface area contributed by atoms with Crippen LogP contribution in [0.4, 0.5) is 5.69 Å². The number of anilines is 1. The molecule has 5 nitrogen and oxygen atoms in total. The molecule has 1 aliphatic heterocycles. The van der Waals surface area contributed by atoms with Gasteiger partial charge in [-0.05, 0) is 43.5 Å². The molecule has 1 heterocycles. The number of carbonyl (C=O) groups excluding carboxylic acids is 2. The van der Waals surface area contributed by atoms with E-state index in [-0.39, 0.29) is 11.9 Å². The van der Waals surface area contributed by atoms with Gasteiger partial charge in [0.25, 0.3) is 5.91 Å². The molecule has 32 heavy (non-hydrogen) atoms. The lowest BCUT2D eigenvalue weighted by atomic mass is 10.1. The molecule has 1 atom stereocenters. The molecule has 0 bridgehead atoms. The van der Waals surface area contributed by atoms with Crippen LogP contribution < -0.4 is 15.5 Å². The van der Waals surface area contributed by atoms with E-state index in [0.717, 1.165) is 48.5 Å². The number of nitrogens with one attached hydrogen (secondary N) is 2. The quantitative estimate of drug-likeness (QED) is 0.400. The summed E-state index contributed by atoms with van der Waals surface area (Å²) in [5.74, 6) is -0.798. The van der Waals surface area contributed by atoms with Gasteiger partial charge in [-0.15, -0.1) is 0 Å². The molecule has 1 aromatic rings. The molecule has 1 fully saturated rings. The standard InChI is InChI=1S/C26H32ClN3O2/c1-6-9-21(10-7-2)16-19(4)28-23-13-14-30(17-23)25-22(11-8-12-24(25)27)15-18(3)26(32)29-20(5)31/h6-12,15,23,28H,1,4,13-14,16-17H2,2-3,5H3,(H,29,31,32)/b10-7-,18-15+,21-9+/t23-/m0/s1. The second-order valence-electron chi connectivity index (χ2n) is 7.85. The van der Waals surface area contributed by atoms with Gasteiger partial charge in [0.05, 0.1) is 10.7 Å². The maximum Gasteiger partial charge on any atom is 0.253 e. The van der Waals surface area contributed by atoms with Gasteiger partial charge >= 0.3 is 0 Å². The van der Waals surface area contributed by atoms with Crippen molar-refractivity contribution in [1.82, 2.24) is 10.6 Å². The lowest BCUT2D eigenvalue weighted by Crippen LogP contribution is -2.32. The van der Waals surface area contributed by atoms with E-state index >= 15 is 0 Å². The number of amides is 2. The largest absolute Gasteiger partial charge is 0.384 e. The van der Waals surface area contributed by atoms with Gasteiger partial charge in [0.2, 0.25) is 5.91 Å². The number of allylic oxidation sites excluding steroid dienone is 5. The zero-order valence-electron chi connectivity index (χ0n) is 19.1. The highest BCUT2D eigenvalue weighted by Crippen LogP contribution is 2.34. The first kappa shape index (κ1) is 25.2. The van der Waals surface area contributed by atoms with E-state index in [4.69, 9.17) is 11.6 Å². The van der Waals surface area contributed by atoms with Crippen LogP contribution in [-0.4, -0.2) is 30.9 Å². The van der Waals surface area contributed by atoms with Crippen molar-refractivity contribution >= 4 is 35.2 Å². The van der Waals surface area contributed by atoms with Crippen LogP contribution >= 0.6 is 11.6 Å². The first-order valence-corrected chi connectivity index (χ1v) is 11.0. The summed E-state index contributed by atoms with van der Waals surface area (Å²) in [5.41, 5.74) is 4.28. The molecule has 1 aliphatic rings. The molecule has 1 aromatic carbocycles. The summed E-state index contributed by atoms with van der Waals surface area (Å²) < 4.78 is 0. The minimum atomic E-state index is -0.412. The van der Waals surface area contributed by atoms with Crippen LogP contribution in [0.1, 0.15) is 39.2 Å². The maximum atomic E-state index is 12.1. The van der Waals surface area contributed by atoms with Crippen molar-refractivity contribution in [1.29, 1.82) is 0 Å². The summed E-state index contributed by atoms with van der Waals surface area (Å²) in [6.45, 7) is 14.6. The van der Waals surface area contributed by atoms with Crippen LogP contribution in [-0.2, 0) is 9.59 Å². The molecule has 0 aliphatic carbocycles. The first-order valence-electron chi connectivity index (χ1n) is 10.7. The molecule has 0 aromatic heterocycles. The van der Waals surface area contributed by atoms with E-state index in [1.165, 1.54) is 6.92 Å². The number of benzene rings is 1. The van der Waals surface area contributed by atoms with Crippen molar-refractivity contribution in [2.45, 2.75) is 39.7 Å². The van der Waals surface area contributed by atoms with Crippen LogP contribution in [0, 0.1) is 0 Å². The van der Waals surface area contributed by atoms with E-state index in [0.29, 0.717) is 10.6 Å². The minimum Gasteiger partial charge on any atom is -0.384 e. The Kier molecular flexibility index (Phi) is 9.54. The Labute approximate surface area is 196 Å². The zero-order chi connectivity index (χ0) is 23.7. The Morgan fingerprint density at radius 1 is 1.31 bits per heavy atom. The second kappa shape index (κ2) is 12.1. The molecule has 1 saturated heterocycles. The number of hydrogen-bond acceptors (Lipinski definition) is 4. The number of halogens is 1. The Morgan fingerprint density at radius 2 is 2.06 bits per heavy atom. The fraction of sp³-hybridized carbons (Fsp3) is 0.308. The van der Waals surface area contributed by atoms with E-state index in [1.807, 2.05) is 37.3 Å². The number of carbonyl (C=O) groups is 2. The van der Waals surface area contributed by atoms with Gasteiger partial charge in [0, 0.05) is 43.7 Å². The van der Waals surface area contributed by atoms with Crippen molar-refractivity contribution in [2.24, 2.45) is 0 Å². The summed E-state index contributed by atoms with van der Waals surface area (Å²) >= 11 is 6.56. The predicted molar refractivity (Wildman–Crippen MR) is 135 cm³/mol. The van der Waals surface area contributed by atoms with E-state index in [2.05, 4.69) is 34.8 Å². The van der Waals surface area contributed by atoms with Gasteiger partial charge in [-0.3, -0.25) is 14.9 Å². The SMILES string of the molecule is C=C/C=C(\C=C/C)CC(=C)N[C@H]1CCN(c2c(Cl)cccc2/C=C(\C)C(=O)NC(C)=O)C1. The monoisotopic (exact) mass is 453 g/mol. The van der Waals surface area contributed by atoms with Gasteiger partial charge < -0.3 is 10.2 Å². The third-order valence-electron chi connectivity index (χ3n) is 5.08. The third kappa shape index (κ3) is 7.27. The highest BCUT2D eigenvalue weighted by Gasteiger charge is 2.26. The summed E-state index contributed by atoms with van der Waals surface area (Å²) in [6.07, 6.45) is 11.3. The first-order chi connectivity index (χ1) is 15.2. The fourth-order valence-electron chi connectivity index (χ4n) is 3.75. The fourth-order valence-corrected chi connectivity index (χ4v) is 4.05. The van der Waals surface area contributed by atoms with Gasteiger partial charge in [-0.1, -0.05) is 61.2 Å². The number of hydrogen-bond donors (Lipinski definition) is 2. The van der Waals surface area contributed by atoms with Gasteiger partial charge in [0.15, 0.2) is 0 Å². The number of nitrogens with zero attached hydrogens (tertiary/aromatic N) is 1. The Bertz CT molecular complexity index is 975. The molecule has 2 rings (SSSR count). The smallest absolute Gasteiger partial charge is 0.253 e. The second-order valence-corrected chi connectivity index (χ2v) is 8.26. The van der Waals surface area contributed by atoms with Crippen molar-refractivity contribution in [3.05, 3.63) is 83.1 Å². The van der Waals surface area contributed by atoms with Crippen molar-refractivity contribution in [3.8, 4) is 0 Å². The maximum absolute atomic E-state index is 12.1. The summed E-state index contributed by atoms with van der Waals surface area (Å²) in [6, 6.07) is 5.88. The molecule has 6 heteroatoms. The van der Waals surface area contributed by atoms with Crippen molar-refractivity contribution in [2.75, 3.05) is 18.0 Å². The highest BCUT2D eigenvalue weighted by atomic mass is 35.5. The minimum absolute atomic E-state index is 0.244. The highest BCUT2D eigenvalue weighted by molar-refractivity contribution is 6.33. The molecule has 170 valence electrons. The average Bonchev–Trinajstić information content (AvgIpc) is 3.15. The predicted octanol–water partition coefficient (Wildman–Crippen LogP) is 5.17. The van der Waals surface area contributed by atoms with Crippen LogP contribution in [0.5, 0.6) is 0 Å². The van der Waals surface area contributed by atoms with Crippen LogP contribution in [0.3, 0.4) is 0 Å². The normalized spacial score (nSPS) is 16.9. The molecule has 2 N–H and O–H groups in total. The molecule has 0 unspecified atom stereocenters. The Morgan fingerprint density at radius 3 is 2.72 bits per heavy atom. The molecule has 2 amide bonds. The molecule has 0 radical (unpaired) electrons. The van der Waals surface area contributed by atoms with E-state index < -0.39 is 5.91 Å². The average molecular weight is 454 g/mol. The topological polar surface area (TPSA) is 61.4 Å². The number of rotatable bonds is 9. The summed E-state index contributed by atoms with van der Waals surface area (Å²) in [5, 5.41) is 6.47. The van der Waals surface area contributed by atoms with Crippen LogP contribution in [0.25, 0.3) is 6.08 Å². The molecular weight excluding hydrogens is 422 g/mol. The number of para-hydroxylation sites is 1. The van der Waals surface area contributed by atoms with Crippen molar-refractivity contribution in [3.63, 3.8) is 0 Å². The lowest BCUT2D eigenvalue weighted by molar-refractivity contribution is -0.127. The Hall–Kier alpha value is -3.05. The van der Waals surface area contributed by atoms with E-state index in [1.54, 1.807) is 19.1 Å². The van der Waals surface area contributed by atoms with Gasteiger partial charge in [-0.2, -0.15) is 0 Å². The summed E-state index contributed by atoms with van der Waals surface area (Å²) in [7, 11) is 0. The zero-order valence-corrected chi connectivity index (χ0v) is 19.8. The van der Waals surface area contributed by atoms with Gasteiger partial charge in [-0.25, -0.2) is 0 Å². The molecule has 0 saturated carbocycles. The molecule has 0 spiro atoms. The van der Waals surface area contributed by atoms with Crippen LogP contribution in [0.15, 0.2) is 72.5 Å². The molecular formula is C26H32ClN3O2. The third-order valence-corrected chi connectivity index (χ3v) is 5.39. The van der Waals surface area contributed by atoms with Crippen LogP contribution in [0.2, 0.25) is 5.02 Å². The van der Waals surface area contributed by atoms with Gasteiger partial charge in [0.1, 0.15) is 0 Å². The lowest BCUT2D eigenvalue weighted by Gasteiger charge is -2.23. The summed E-state index contributed by atoms with van der Waals surface area (Å²) in [4.78, 5) is 25.6. The number of imide groups is 1. The van der Waals surface area contributed by atoms with Crippen molar-refractivity contribution < 1.29 is 9.59 Å².